The number of hydrogen-bond donors (Lipinski definition) is 2. The van der Waals surface area contributed by atoms with E-state index >= 15 is 0 Å². The summed E-state index contributed by atoms with van der Waals surface area (Å²) in [6.07, 6.45) is 16.7. The molecule has 0 heterocycles. The van der Waals surface area contributed by atoms with Crippen LogP contribution in [-0.4, -0.2) is 22.9 Å². The van der Waals surface area contributed by atoms with Crippen molar-refractivity contribution in [1.82, 2.24) is 0 Å². The minimum atomic E-state index is -0.219. The molecule has 0 aromatic heterocycles. The molecule has 0 saturated carbocycles. The number of hydrogen-bond acceptors (Lipinski definition) is 2. The lowest BCUT2D eigenvalue weighted by Gasteiger charge is -2.18. The first-order valence-electron chi connectivity index (χ1n) is 10.6. The van der Waals surface area contributed by atoms with E-state index in [1.165, 1.54) is 22.3 Å². The second-order valence-electron chi connectivity index (χ2n) is 8.35. The largest absolute Gasteiger partial charge is 0.393 e. The van der Waals surface area contributed by atoms with Gasteiger partial charge < -0.3 is 10.2 Å². The molecule has 0 saturated heterocycles. The van der Waals surface area contributed by atoms with E-state index < -0.39 is 0 Å². The molecule has 27 heavy (non-hydrogen) atoms. The molecule has 0 aliphatic carbocycles. The first-order chi connectivity index (χ1) is 12.8. The molecule has 0 fully saturated rings. The third-order valence-electron chi connectivity index (χ3n) is 5.17. The van der Waals surface area contributed by atoms with Gasteiger partial charge in [0.05, 0.1) is 12.7 Å². The van der Waals surface area contributed by atoms with E-state index in [4.69, 9.17) is 5.11 Å². The summed E-state index contributed by atoms with van der Waals surface area (Å²) in [6.45, 7) is 13.0. The maximum atomic E-state index is 10.4. The molecule has 0 aromatic carbocycles. The van der Waals surface area contributed by atoms with Crippen LogP contribution in [0.2, 0.25) is 0 Å². The van der Waals surface area contributed by atoms with Crippen LogP contribution in [0.15, 0.2) is 46.6 Å². The summed E-state index contributed by atoms with van der Waals surface area (Å²) in [5.74, 6) is 0.342. The Morgan fingerprint density at radius 1 is 0.704 bits per heavy atom. The Labute approximate surface area is 168 Å². The summed E-state index contributed by atoms with van der Waals surface area (Å²) in [4.78, 5) is 0. The summed E-state index contributed by atoms with van der Waals surface area (Å²) >= 11 is 0. The lowest BCUT2D eigenvalue weighted by molar-refractivity contribution is 0.104. The number of aliphatic hydroxyl groups excluding tert-OH is 2. The van der Waals surface area contributed by atoms with Crippen molar-refractivity contribution in [2.75, 3.05) is 6.61 Å². The Morgan fingerprint density at radius 3 is 1.81 bits per heavy atom. The van der Waals surface area contributed by atoms with Crippen molar-refractivity contribution < 1.29 is 10.2 Å². The SMILES string of the molecule is CC(C)=CCCC(C)=CCCC(C)C(O)CCC(C)=CCCC(C)=CCO. The van der Waals surface area contributed by atoms with E-state index in [-0.39, 0.29) is 12.7 Å². The van der Waals surface area contributed by atoms with Crippen LogP contribution < -0.4 is 0 Å². The Balaban J connectivity index is 4.08. The van der Waals surface area contributed by atoms with E-state index in [0.29, 0.717) is 5.92 Å². The van der Waals surface area contributed by atoms with E-state index in [1.807, 2.05) is 6.08 Å². The van der Waals surface area contributed by atoms with Crippen LogP contribution in [-0.2, 0) is 0 Å². The van der Waals surface area contributed by atoms with Crippen molar-refractivity contribution in [2.45, 2.75) is 99.0 Å². The Morgan fingerprint density at radius 2 is 1.22 bits per heavy atom. The van der Waals surface area contributed by atoms with Gasteiger partial charge in [-0.3, -0.25) is 0 Å². The molecular weight excluding hydrogens is 332 g/mol. The molecular formula is C25H44O2. The van der Waals surface area contributed by atoms with Crippen molar-refractivity contribution in [3.63, 3.8) is 0 Å². The standard InChI is InChI=1S/C25H44O2/c1-20(2)10-7-11-21(3)14-9-15-24(6)25(27)17-16-22(4)12-8-13-23(5)18-19-26/h10,12,14,18,24-27H,7-9,11,13,15-17,19H2,1-6H3. The molecule has 2 atom stereocenters. The van der Waals surface area contributed by atoms with Gasteiger partial charge in [0.15, 0.2) is 0 Å². The van der Waals surface area contributed by atoms with Gasteiger partial charge in [-0.2, -0.15) is 0 Å². The zero-order valence-corrected chi connectivity index (χ0v) is 18.7. The molecule has 0 radical (unpaired) electrons. The lowest BCUT2D eigenvalue weighted by atomic mass is 9.93. The predicted octanol–water partition coefficient (Wildman–Crippen LogP) is 6.90. The van der Waals surface area contributed by atoms with Gasteiger partial charge in [0.2, 0.25) is 0 Å². The van der Waals surface area contributed by atoms with Crippen molar-refractivity contribution in [2.24, 2.45) is 5.92 Å². The number of allylic oxidation sites excluding steroid dienone is 7. The van der Waals surface area contributed by atoms with Crippen molar-refractivity contribution in [3.05, 3.63) is 46.6 Å². The molecule has 2 N–H and O–H groups in total. The summed E-state index contributed by atoms with van der Waals surface area (Å²) in [6, 6.07) is 0. The van der Waals surface area contributed by atoms with Crippen LogP contribution in [0.4, 0.5) is 0 Å². The number of rotatable bonds is 14. The highest BCUT2D eigenvalue weighted by Gasteiger charge is 2.13. The Hall–Kier alpha value is -1.12. The number of aliphatic hydroxyl groups is 2. The van der Waals surface area contributed by atoms with Gasteiger partial charge in [-0.1, -0.05) is 53.5 Å². The average Bonchev–Trinajstić information content (AvgIpc) is 2.59. The molecule has 156 valence electrons. The molecule has 0 rings (SSSR count). The van der Waals surface area contributed by atoms with Crippen LogP contribution >= 0.6 is 0 Å². The molecule has 2 unspecified atom stereocenters. The minimum Gasteiger partial charge on any atom is -0.393 e. The van der Waals surface area contributed by atoms with Gasteiger partial charge >= 0.3 is 0 Å². The average molecular weight is 377 g/mol. The molecule has 2 nitrogen and oxygen atoms in total. The predicted molar refractivity (Wildman–Crippen MR) is 120 cm³/mol. The van der Waals surface area contributed by atoms with Crippen molar-refractivity contribution in [1.29, 1.82) is 0 Å². The molecule has 0 aliphatic heterocycles. The maximum Gasteiger partial charge on any atom is 0.0614 e. The molecule has 0 amide bonds. The summed E-state index contributed by atoms with van der Waals surface area (Å²) in [5.41, 5.74) is 5.44. The molecule has 2 heteroatoms. The molecule has 0 aliphatic rings. The zero-order valence-electron chi connectivity index (χ0n) is 18.7. The van der Waals surface area contributed by atoms with E-state index in [2.05, 4.69) is 59.8 Å². The second-order valence-corrected chi connectivity index (χ2v) is 8.35. The summed E-state index contributed by atoms with van der Waals surface area (Å²) in [5, 5.41) is 19.3. The van der Waals surface area contributed by atoms with Gasteiger partial charge in [0.25, 0.3) is 0 Å². The Bertz CT molecular complexity index is 504. The van der Waals surface area contributed by atoms with E-state index in [0.717, 1.165) is 51.4 Å². The lowest BCUT2D eigenvalue weighted by Crippen LogP contribution is -2.17. The van der Waals surface area contributed by atoms with Crippen LogP contribution in [0, 0.1) is 5.92 Å². The third kappa shape index (κ3) is 15.6. The summed E-state index contributed by atoms with van der Waals surface area (Å²) < 4.78 is 0. The minimum absolute atomic E-state index is 0.128. The fourth-order valence-corrected chi connectivity index (χ4v) is 3.04. The molecule has 0 spiro atoms. The van der Waals surface area contributed by atoms with Gasteiger partial charge in [0.1, 0.15) is 0 Å². The monoisotopic (exact) mass is 376 g/mol. The molecule has 0 bridgehead atoms. The van der Waals surface area contributed by atoms with Crippen LogP contribution in [0.25, 0.3) is 0 Å². The topological polar surface area (TPSA) is 40.5 Å². The van der Waals surface area contributed by atoms with E-state index in [9.17, 15) is 5.11 Å². The first-order valence-corrected chi connectivity index (χ1v) is 10.6. The van der Waals surface area contributed by atoms with Crippen LogP contribution in [0.3, 0.4) is 0 Å². The van der Waals surface area contributed by atoms with Gasteiger partial charge in [-0.15, -0.1) is 0 Å². The normalized spacial score (nSPS) is 15.6. The highest BCUT2D eigenvalue weighted by atomic mass is 16.3. The van der Waals surface area contributed by atoms with Gasteiger partial charge in [0, 0.05) is 0 Å². The zero-order chi connectivity index (χ0) is 20.7. The van der Waals surface area contributed by atoms with Gasteiger partial charge in [-0.05, 0) is 91.9 Å². The fraction of sp³-hybridized carbons (Fsp3) is 0.680. The first kappa shape index (κ1) is 25.9. The quantitative estimate of drug-likeness (QED) is 0.324. The van der Waals surface area contributed by atoms with Crippen LogP contribution in [0.1, 0.15) is 92.9 Å². The maximum absolute atomic E-state index is 10.4. The van der Waals surface area contributed by atoms with Crippen molar-refractivity contribution >= 4 is 0 Å². The second kappa shape index (κ2) is 15.9. The highest BCUT2D eigenvalue weighted by Crippen LogP contribution is 2.19. The fourth-order valence-electron chi connectivity index (χ4n) is 3.04. The summed E-state index contributed by atoms with van der Waals surface area (Å²) in [7, 11) is 0. The van der Waals surface area contributed by atoms with E-state index in [1.54, 1.807) is 0 Å². The Kier molecular flexibility index (Phi) is 15.2. The van der Waals surface area contributed by atoms with Crippen LogP contribution in [0.5, 0.6) is 0 Å². The van der Waals surface area contributed by atoms with Crippen molar-refractivity contribution in [3.8, 4) is 0 Å². The van der Waals surface area contributed by atoms with Gasteiger partial charge in [-0.25, -0.2) is 0 Å². The molecule has 0 aromatic rings. The highest BCUT2D eigenvalue weighted by molar-refractivity contribution is 5.04. The third-order valence-corrected chi connectivity index (χ3v) is 5.17. The smallest absolute Gasteiger partial charge is 0.0614 e.